The number of terminal acetylenes is 1. The van der Waals surface area contributed by atoms with Crippen molar-refractivity contribution in [1.29, 1.82) is 5.26 Å². The number of hydrogen-bond donors (Lipinski definition) is 0. The van der Waals surface area contributed by atoms with Gasteiger partial charge in [0.1, 0.15) is 11.8 Å². The quantitative estimate of drug-likeness (QED) is 0.600. The Bertz CT molecular complexity index is 417. The van der Waals surface area contributed by atoms with Crippen LogP contribution in [0, 0.1) is 30.6 Å². The van der Waals surface area contributed by atoms with Crippen LogP contribution in [0.2, 0.25) is 0 Å². The molecule has 2 heteroatoms. The van der Waals surface area contributed by atoms with Crippen LogP contribution >= 0.6 is 0 Å². The monoisotopic (exact) mass is 168 g/mol. The Morgan fingerprint density at radius 3 is 2.85 bits per heavy atom. The fourth-order valence-corrected chi connectivity index (χ4v) is 0.948. The molecular weight excluding hydrogens is 160 g/mol. The summed E-state index contributed by atoms with van der Waals surface area (Å²) in [5.74, 6) is 2.40. The molecule has 1 heterocycles. The summed E-state index contributed by atoms with van der Waals surface area (Å²) >= 11 is 0. The Labute approximate surface area is 77.5 Å². The van der Waals surface area contributed by atoms with Gasteiger partial charge in [-0.05, 0) is 30.7 Å². The van der Waals surface area contributed by atoms with E-state index in [1.54, 1.807) is 18.2 Å². The number of aryl methyl sites for hydroxylation is 1. The van der Waals surface area contributed by atoms with Crippen LogP contribution in [-0.4, -0.2) is 4.98 Å². The molecule has 0 N–H and O–H groups in total. The summed E-state index contributed by atoms with van der Waals surface area (Å²) in [7, 11) is 0. The average molecular weight is 168 g/mol. The van der Waals surface area contributed by atoms with E-state index in [0.717, 1.165) is 11.3 Å². The van der Waals surface area contributed by atoms with Gasteiger partial charge >= 0.3 is 0 Å². The SMILES string of the molecule is C#C/C=C\c1ccc(C#N)nc1C. The summed E-state index contributed by atoms with van der Waals surface area (Å²) in [6, 6.07) is 5.47. The molecule has 0 bridgehead atoms. The third-order valence-corrected chi connectivity index (χ3v) is 1.60. The van der Waals surface area contributed by atoms with E-state index < -0.39 is 0 Å². The first-order chi connectivity index (χ1) is 6.27. The van der Waals surface area contributed by atoms with Gasteiger partial charge in [0.25, 0.3) is 0 Å². The van der Waals surface area contributed by atoms with Crippen LogP contribution in [0.3, 0.4) is 0 Å². The molecular formula is C11H8N2. The zero-order valence-corrected chi connectivity index (χ0v) is 7.28. The normalized spacial score (nSPS) is 9.46. The van der Waals surface area contributed by atoms with E-state index in [-0.39, 0.29) is 0 Å². The van der Waals surface area contributed by atoms with Gasteiger partial charge in [0, 0.05) is 5.69 Å². The first-order valence-corrected chi connectivity index (χ1v) is 3.78. The van der Waals surface area contributed by atoms with Crippen molar-refractivity contribution in [1.82, 2.24) is 4.98 Å². The second-order valence-electron chi connectivity index (χ2n) is 2.48. The number of nitrogens with zero attached hydrogens (tertiary/aromatic N) is 2. The summed E-state index contributed by atoms with van der Waals surface area (Å²) in [4.78, 5) is 4.06. The van der Waals surface area contributed by atoms with Crippen LogP contribution in [0.1, 0.15) is 17.0 Å². The Morgan fingerprint density at radius 1 is 1.54 bits per heavy atom. The predicted molar refractivity (Wildman–Crippen MR) is 51.6 cm³/mol. The van der Waals surface area contributed by atoms with Crippen molar-refractivity contribution in [2.24, 2.45) is 0 Å². The second kappa shape index (κ2) is 4.09. The fraction of sp³-hybridized carbons (Fsp3) is 0.0909. The highest BCUT2D eigenvalue weighted by molar-refractivity contribution is 5.54. The maximum atomic E-state index is 8.57. The minimum atomic E-state index is 0.426. The maximum absolute atomic E-state index is 8.57. The van der Waals surface area contributed by atoms with E-state index in [2.05, 4.69) is 10.9 Å². The minimum absolute atomic E-state index is 0.426. The molecule has 0 aliphatic heterocycles. The zero-order valence-electron chi connectivity index (χ0n) is 7.28. The van der Waals surface area contributed by atoms with Crippen LogP contribution in [0.25, 0.3) is 6.08 Å². The Balaban J connectivity index is 3.09. The molecule has 0 saturated carbocycles. The Hall–Kier alpha value is -2.06. The molecule has 0 radical (unpaired) electrons. The highest BCUT2D eigenvalue weighted by Gasteiger charge is 1.96. The number of aromatic nitrogens is 1. The van der Waals surface area contributed by atoms with E-state index in [0.29, 0.717) is 5.69 Å². The number of allylic oxidation sites excluding steroid dienone is 1. The Kier molecular flexibility index (Phi) is 2.84. The fourth-order valence-electron chi connectivity index (χ4n) is 0.948. The van der Waals surface area contributed by atoms with E-state index >= 15 is 0 Å². The van der Waals surface area contributed by atoms with E-state index in [1.165, 1.54) is 0 Å². The molecule has 62 valence electrons. The van der Waals surface area contributed by atoms with Gasteiger partial charge in [-0.2, -0.15) is 5.26 Å². The van der Waals surface area contributed by atoms with Gasteiger partial charge in [0.15, 0.2) is 0 Å². The van der Waals surface area contributed by atoms with Crippen LogP contribution in [0.5, 0.6) is 0 Å². The van der Waals surface area contributed by atoms with Gasteiger partial charge in [0.05, 0.1) is 0 Å². The van der Waals surface area contributed by atoms with E-state index in [1.807, 2.05) is 19.1 Å². The average Bonchev–Trinajstić information content (AvgIpc) is 2.16. The molecule has 0 aliphatic carbocycles. The Morgan fingerprint density at radius 2 is 2.31 bits per heavy atom. The largest absolute Gasteiger partial charge is 0.242 e. The van der Waals surface area contributed by atoms with Crippen molar-refractivity contribution < 1.29 is 0 Å². The lowest BCUT2D eigenvalue weighted by atomic mass is 10.2. The molecule has 0 amide bonds. The molecule has 0 aromatic carbocycles. The lowest BCUT2D eigenvalue weighted by Crippen LogP contribution is -1.89. The molecule has 0 spiro atoms. The smallest absolute Gasteiger partial charge is 0.140 e. The first-order valence-electron chi connectivity index (χ1n) is 3.78. The number of rotatable bonds is 1. The molecule has 1 rings (SSSR count). The zero-order chi connectivity index (χ0) is 9.68. The van der Waals surface area contributed by atoms with Gasteiger partial charge < -0.3 is 0 Å². The lowest BCUT2D eigenvalue weighted by molar-refractivity contribution is 1.16. The maximum Gasteiger partial charge on any atom is 0.140 e. The number of nitriles is 1. The minimum Gasteiger partial charge on any atom is -0.242 e. The third kappa shape index (κ3) is 2.18. The van der Waals surface area contributed by atoms with Crippen molar-refractivity contribution in [3.8, 4) is 18.4 Å². The summed E-state index contributed by atoms with van der Waals surface area (Å²) < 4.78 is 0. The van der Waals surface area contributed by atoms with Crippen LogP contribution in [-0.2, 0) is 0 Å². The van der Waals surface area contributed by atoms with Gasteiger partial charge in [-0.3, -0.25) is 0 Å². The highest BCUT2D eigenvalue weighted by Crippen LogP contribution is 2.07. The van der Waals surface area contributed by atoms with Crippen molar-refractivity contribution in [3.05, 3.63) is 35.2 Å². The van der Waals surface area contributed by atoms with Crippen molar-refractivity contribution in [2.75, 3.05) is 0 Å². The second-order valence-corrected chi connectivity index (χ2v) is 2.48. The molecule has 0 atom stereocenters. The van der Waals surface area contributed by atoms with Crippen LogP contribution < -0.4 is 0 Å². The summed E-state index contributed by atoms with van der Waals surface area (Å²) in [5, 5.41) is 8.57. The van der Waals surface area contributed by atoms with Crippen LogP contribution in [0.15, 0.2) is 18.2 Å². The van der Waals surface area contributed by atoms with Gasteiger partial charge in [-0.25, -0.2) is 4.98 Å². The van der Waals surface area contributed by atoms with Gasteiger partial charge in [-0.1, -0.05) is 12.0 Å². The predicted octanol–water partition coefficient (Wildman–Crippen LogP) is 1.91. The molecule has 0 saturated heterocycles. The molecule has 0 aliphatic rings. The molecule has 1 aromatic heterocycles. The van der Waals surface area contributed by atoms with Crippen molar-refractivity contribution in [3.63, 3.8) is 0 Å². The van der Waals surface area contributed by atoms with Gasteiger partial charge in [0.2, 0.25) is 0 Å². The standard InChI is InChI=1S/C11H8N2/c1-3-4-5-10-6-7-11(8-12)13-9(10)2/h1,4-7H,2H3/b5-4-. The van der Waals surface area contributed by atoms with Gasteiger partial charge in [-0.15, -0.1) is 6.42 Å². The van der Waals surface area contributed by atoms with Crippen molar-refractivity contribution >= 4 is 6.08 Å². The molecule has 1 aromatic rings. The molecule has 0 fully saturated rings. The third-order valence-electron chi connectivity index (χ3n) is 1.60. The summed E-state index contributed by atoms with van der Waals surface area (Å²) in [5.41, 5.74) is 2.18. The number of pyridine rings is 1. The van der Waals surface area contributed by atoms with E-state index in [9.17, 15) is 0 Å². The topological polar surface area (TPSA) is 36.7 Å². The van der Waals surface area contributed by atoms with Crippen molar-refractivity contribution in [2.45, 2.75) is 6.92 Å². The molecule has 2 nitrogen and oxygen atoms in total. The number of hydrogen-bond acceptors (Lipinski definition) is 2. The lowest BCUT2D eigenvalue weighted by Gasteiger charge is -1.97. The first kappa shape index (κ1) is 9.03. The summed E-state index contributed by atoms with van der Waals surface area (Å²) in [6.45, 7) is 1.84. The van der Waals surface area contributed by atoms with Crippen LogP contribution in [0.4, 0.5) is 0 Å². The highest BCUT2D eigenvalue weighted by atomic mass is 14.7. The molecule has 13 heavy (non-hydrogen) atoms. The summed E-state index contributed by atoms with van der Waals surface area (Å²) in [6.07, 6.45) is 8.48. The van der Waals surface area contributed by atoms with E-state index in [4.69, 9.17) is 11.7 Å². The molecule has 0 unspecified atom stereocenters.